The van der Waals surface area contributed by atoms with Crippen molar-refractivity contribution in [2.75, 3.05) is 26.2 Å². The first-order valence-electron chi connectivity index (χ1n) is 8.13. The molecule has 1 fully saturated rings. The standard InChI is InChI=1S/C19H21Cl2N3/c1-15(18-4-2-3-5-19(18)21)22-24-12-10-23(11-13-24)14-16-6-8-17(20)9-7-16/h2-9H,10-14H2,1H3/b22-15-. The van der Waals surface area contributed by atoms with Crippen LogP contribution < -0.4 is 0 Å². The second kappa shape index (κ2) is 8.02. The van der Waals surface area contributed by atoms with Gasteiger partial charge in [0.15, 0.2) is 0 Å². The summed E-state index contributed by atoms with van der Waals surface area (Å²) in [6, 6.07) is 15.9. The third-order valence-corrected chi connectivity index (χ3v) is 4.80. The number of piperazine rings is 1. The minimum absolute atomic E-state index is 0.750. The van der Waals surface area contributed by atoms with Crippen LogP contribution in [0.15, 0.2) is 53.6 Å². The summed E-state index contributed by atoms with van der Waals surface area (Å²) in [7, 11) is 0. The topological polar surface area (TPSA) is 18.8 Å². The van der Waals surface area contributed by atoms with Gasteiger partial charge in [0, 0.05) is 48.3 Å². The number of nitrogens with zero attached hydrogens (tertiary/aromatic N) is 3. The highest BCUT2D eigenvalue weighted by Crippen LogP contribution is 2.17. The highest BCUT2D eigenvalue weighted by atomic mass is 35.5. The molecule has 0 aliphatic carbocycles. The van der Waals surface area contributed by atoms with Crippen LogP contribution in [-0.4, -0.2) is 41.8 Å². The van der Waals surface area contributed by atoms with Crippen molar-refractivity contribution in [1.29, 1.82) is 0 Å². The van der Waals surface area contributed by atoms with Crippen molar-refractivity contribution >= 4 is 28.9 Å². The van der Waals surface area contributed by atoms with E-state index in [1.54, 1.807) is 0 Å². The van der Waals surface area contributed by atoms with Crippen LogP contribution in [0.3, 0.4) is 0 Å². The molecule has 0 aromatic heterocycles. The van der Waals surface area contributed by atoms with Gasteiger partial charge in [0.05, 0.1) is 5.71 Å². The molecule has 24 heavy (non-hydrogen) atoms. The maximum Gasteiger partial charge on any atom is 0.0661 e. The first-order chi connectivity index (χ1) is 11.6. The summed E-state index contributed by atoms with van der Waals surface area (Å²) in [5.74, 6) is 0. The summed E-state index contributed by atoms with van der Waals surface area (Å²) in [4.78, 5) is 2.44. The lowest BCUT2D eigenvalue weighted by Crippen LogP contribution is -2.43. The van der Waals surface area contributed by atoms with E-state index < -0.39 is 0 Å². The Labute approximate surface area is 153 Å². The molecule has 3 nitrogen and oxygen atoms in total. The van der Waals surface area contributed by atoms with Gasteiger partial charge in [0.25, 0.3) is 0 Å². The van der Waals surface area contributed by atoms with Crippen molar-refractivity contribution in [3.63, 3.8) is 0 Å². The van der Waals surface area contributed by atoms with Crippen LogP contribution in [0.1, 0.15) is 18.1 Å². The number of rotatable bonds is 4. The van der Waals surface area contributed by atoms with Crippen molar-refractivity contribution in [2.45, 2.75) is 13.5 Å². The summed E-state index contributed by atoms with van der Waals surface area (Å²) >= 11 is 12.2. The van der Waals surface area contributed by atoms with E-state index >= 15 is 0 Å². The third kappa shape index (κ3) is 4.50. The van der Waals surface area contributed by atoms with Crippen molar-refractivity contribution in [2.24, 2.45) is 5.10 Å². The van der Waals surface area contributed by atoms with E-state index in [2.05, 4.69) is 22.0 Å². The van der Waals surface area contributed by atoms with Gasteiger partial charge < -0.3 is 0 Å². The van der Waals surface area contributed by atoms with Crippen LogP contribution in [0.4, 0.5) is 0 Å². The van der Waals surface area contributed by atoms with E-state index in [0.717, 1.165) is 54.0 Å². The lowest BCUT2D eigenvalue weighted by atomic mass is 10.1. The Morgan fingerprint density at radius 3 is 2.29 bits per heavy atom. The summed E-state index contributed by atoms with van der Waals surface area (Å²) in [6.07, 6.45) is 0. The Morgan fingerprint density at radius 1 is 0.958 bits per heavy atom. The summed E-state index contributed by atoms with van der Waals surface area (Å²) < 4.78 is 0. The van der Waals surface area contributed by atoms with E-state index in [1.165, 1.54) is 5.56 Å². The first kappa shape index (κ1) is 17.3. The predicted molar refractivity (Wildman–Crippen MR) is 102 cm³/mol. The zero-order chi connectivity index (χ0) is 16.9. The molecule has 0 bridgehead atoms. The zero-order valence-electron chi connectivity index (χ0n) is 13.8. The van der Waals surface area contributed by atoms with Gasteiger partial charge in [0.1, 0.15) is 0 Å². The Balaban J connectivity index is 1.56. The maximum absolute atomic E-state index is 6.24. The van der Waals surface area contributed by atoms with E-state index in [-0.39, 0.29) is 0 Å². The molecule has 0 N–H and O–H groups in total. The zero-order valence-corrected chi connectivity index (χ0v) is 15.3. The first-order valence-corrected chi connectivity index (χ1v) is 8.89. The second-order valence-corrected chi connectivity index (χ2v) is 6.87. The van der Waals surface area contributed by atoms with E-state index in [9.17, 15) is 0 Å². The molecule has 0 unspecified atom stereocenters. The number of benzene rings is 2. The fourth-order valence-electron chi connectivity index (χ4n) is 2.86. The average molecular weight is 362 g/mol. The number of halogens is 2. The van der Waals surface area contributed by atoms with Crippen LogP contribution in [-0.2, 0) is 6.54 Å². The smallest absolute Gasteiger partial charge is 0.0661 e. The molecule has 3 rings (SSSR count). The van der Waals surface area contributed by atoms with Crippen LogP contribution in [0, 0.1) is 0 Å². The fourth-order valence-corrected chi connectivity index (χ4v) is 3.26. The van der Waals surface area contributed by atoms with Crippen molar-refractivity contribution in [1.82, 2.24) is 9.91 Å². The van der Waals surface area contributed by atoms with Crippen molar-refractivity contribution < 1.29 is 0 Å². The Hall–Kier alpha value is -1.55. The minimum atomic E-state index is 0.750. The van der Waals surface area contributed by atoms with E-state index in [1.807, 2.05) is 43.3 Å². The summed E-state index contributed by atoms with van der Waals surface area (Å²) in [5.41, 5.74) is 3.26. The third-order valence-electron chi connectivity index (χ3n) is 4.22. The molecule has 1 saturated heterocycles. The fraction of sp³-hybridized carbons (Fsp3) is 0.316. The number of hydrogen-bond acceptors (Lipinski definition) is 3. The SMILES string of the molecule is C/C(=N/N1CCN(Cc2ccc(Cl)cc2)CC1)c1ccccc1Cl. The molecule has 1 aliphatic heterocycles. The largest absolute Gasteiger partial charge is 0.295 e. The van der Waals surface area contributed by atoms with E-state index in [4.69, 9.17) is 28.3 Å². The molecule has 2 aromatic carbocycles. The molecular formula is C19H21Cl2N3. The van der Waals surface area contributed by atoms with E-state index in [0.29, 0.717) is 0 Å². The van der Waals surface area contributed by atoms with Crippen LogP contribution in [0.25, 0.3) is 0 Å². The number of hydrogen-bond donors (Lipinski definition) is 0. The van der Waals surface area contributed by atoms with Crippen molar-refractivity contribution in [3.05, 3.63) is 69.7 Å². The molecule has 1 aliphatic rings. The monoisotopic (exact) mass is 361 g/mol. The molecule has 0 radical (unpaired) electrons. The van der Waals surface area contributed by atoms with Gasteiger partial charge in [-0.05, 0) is 30.7 Å². The minimum Gasteiger partial charge on any atom is -0.295 e. The van der Waals surface area contributed by atoms with Crippen LogP contribution in [0.2, 0.25) is 10.0 Å². The van der Waals surface area contributed by atoms with Gasteiger partial charge in [-0.25, -0.2) is 0 Å². The Kier molecular flexibility index (Phi) is 5.77. The molecule has 0 saturated carbocycles. The lowest BCUT2D eigenvalue weighted by Gasteiger charge is -2.33. The van der Waals surface area contributed by atoms with Crippen LogP contribution in [0.5, 0.6) is 0 Å². The van der Waals surface area contributed by atoms with Gasteiger partial charge in [-0.15, -0.1) is 0 Å². The van der Waals surface area contributed by atoms with Gasteiger partial charge in [-0.1, -0.05) is 53.5 Å². The van der Waals surface area contributed by atoms with Gasteiger partial charge in [0.2, 0.25) is 0 Å². The van der Waals surface area contributed by atoms with Gasteiger partial charge in [-0.2, -0.15) is 5.10 Å². The molecule has 0 spiro atoms. The highest BCUT2D eigenvalue weighted by molar-refractivity contribution is 6.34. The van der Waals surface area contributed by atoms with Gasteiger partial charge >= 0.3 is 0 Å². The quantitative estimate of drug-likeness (QED) is 0.744. The molecule has 126 valence electrons. The van der Waals surface area contributed by atoms with Crippen LogP contribution >= 0.6 is 23.2 Å². The van der Waals surface area contributed by atoms with Crippen molar-refractivity contribution in [3.8, 4) is 0 Å². The summed E-state index contributed by atoms with van der Waals surface area (Å²) in [6.45, 7) is 6.83. The normalized spacial score (nSPS) is 16.5. The molecule has 1 heterocycles. The van der Waals surface area contributed by atoms with Gasteiger partial charge in [-0.3, -0.25) is 9.91 Å². The number of hydrazone groups is 1. The molecule has 0 atom stereocenters. The Morgan fingerprint density at radius 2 is 1.62 bits per heavy atom. The molecule has 5 heteroatoms. The average Bonchev–Trinajstić information content (AvgIpc) is 2.59. The molecule has 0 amide bonds. The highest BCUT2D eigenvalue weighted by Gasteiger charge is 2.16. The maximum atomic E-state index is 6.24. The predicted octanol–water partition coefficient (Wildman–Crippen LogP) is 4.54. The summed E-state index contributed by atoms with van der Waals surface area (Å²) in [5, 5.41) is 8.41. The second-order valence-electron chi connectivity index (χ2n) is 6.02. The lowest BCUT2D eigenvalue weighted by molar-refractivity contribution is 0.130. The molecular weight excluding hydrogens is 341 g/mol. The Bertz CT molecular complexity index is 705. The molecule has 2 aromatic rings.